The summed E-state index contributed by atoms with van der Waals surface area (Å²) in [7, 11) is 0. The highest BCUT2D eigenvalue weighted by atomic mass is 16.1. The van der Waals surface area contributed by atoms with Crippen molar-refractivity contribution in [2.75, 3.05) is 19.6 Å². The van der Waals surface area contributed by atoms with Crippen molar-refractivity contribution in [2.24, 2.45) is 5.92 Å². The normalized spacial score (nSPS) is 20.8. The van der Waals surface area contributed by atoms with Crippen LogP contribution in [0.25, 0.3) is 5.65 Å². The molecule has 0 bridgehead atoms. The fourth-order valence-electron chi connectivity index (χ4n) is 2.78. The Balaban J connectivity index is 1.85. The van der Waals surface area contributed by atoms with Crippen LogP contribution in [-0.4, -0.2) is 39.1 Å². The number of nitrogens with zero attached hydrogens (tertiary/aromatic N) is 3. The first-order valence-electron chi connectivity index (χ1n) is 6.55. The molecule has 5 nitrogen and oxygen atoms in total. The summed E-state index contributed by atoms with van der Waals surface area (Å²) in [4.78, 5) is 14.3. The first-order chi connectivity index (χ1) is 8.78. The number of likely N-dealkylation sites (tertiary alicyclic amines) is 1. The van der Waals surface area contributed by atoms with Gasteiger partial charge in [0, 0.05) is 19.0 Å². The van der Waals surface area contributed by atoms with Crippen molar-refractivity contribution in [1.29, 1.82) is 0 Å². The maximum Gasteiger partial charge on any atom is 0.257 e. The van der Waals surface area contributed by atoms with Gasteiger partial charge in [0.05, 0.1) is 0 Å². The molecular weight excluding hydrogens is 228 g/mol. The number of rotatable bonds is 3. The maximum absolute atomic E-state index is 11.8. The molecule has 1 unspecified atom stereocenters. The van der Waals surface area contributed by atoms with Crippen LogP contribution >= 0.6 is 0 Å². The molecular formula is C13H18N4O. The third kappa shape index (κ3) is 1.95. The quantitative estimate of drug-likeness (QED) is 0.875. The summed E-state index contributed by atoms with van der Waals surface area (Å²) < 4.78 is 1.69. The molecule has 1 atom stereocenters. The average molecular weight is 246 g/mol. The van der Waals surface area contributed by atoms with E-state index in [0.29, 0.717) is 5.92 Å². The molecule has 0 saturated carbocycles. The van der Waals surface area contributed by atoms with Crippen molar-refractivity contribution < 1.29 is 0 Å². The number of aromatic amines is 1. The summed E-state index contributed by atoms with van der Waals surface area (Å²) in [6.07, 6.45) is 2.07. The molecule has 1 aliphatic rings. The summed E-state index contributed by atoms with van der Waals surface area (Å²) in [6, 6.07) is 5.22. The van der Waals surface area contributed by atoms with Crippen LogP contribution in [0.2, 0.25) is 0 Å². The van der Waals surface area contributed by atoms with Crippen molar-refractivity contribution >= 4 is 5.65 Å². The number of aromatic nitrogens is 3. The largest absolute Gasteiger partial charge is 0.303 e. The van der Waals surface area contributed by atoms with Crippen LogP contribution < -0.4 is 5.56 Å². The van der Waals surface area contributed by atoms with Gasteiger partial charge < -0.3 is 4.90 Å². The van der Waals surface area contributed by atoms with Gasteiger partial charge in [-0.3, -0.25) is 9.89 Å². The number of fused-ring (bicyclic) bond motifs is 1. The van der Waals surface area contributed by atoms with E-state index in [9.17, 15) is 4.79 Å². The zero-order valence-corrected chi connectivity index (χ0v) is 10.6. The van der Waals surface area contributed by atoms with E-state index in [1.807, 2.05) is 6.07 Å². The maximum atomic E-state index is 11.8. The second-order valence-corrected chi connectivity index (χ2v) is 4.98. The molecule has 18 heavy (non-hydrogen) atoms. The molecule has 1 saturated heterocycles. The first-order valence-corrected chi connectivity index (χ1v) is 6.55. The van der Waals surface area contributed by atoms with Crippen LogP contribution in [0, 0.1) is 5.92 Å². The fourth-order valence-corrected chi connectivity index (χ4v) is 2.78. The lowest BCUT2D eigenvalue weighted by molar-refractivity contribution is 0.340. The van der Waals surface area contributed by atoms with Crippen LogP contribution in [0.4, 0.5) is 0 Å². The minimum absolute atomic E-state index is 0.00148. The van der Waals surface area contributed by atoms with Gasteiger partial charge in [0.15, 0.2) is 0 Å². The van der Waals surface area contributed by atoms with Gasteiger partial charge in [-0.2, -0.15) is 5.10 Å². The molecule has 0 radical (unpaired) electrons. The Hall–Kier alpha value is -1.62. The van der Waals surface area contributed by atoms with E-state index in [0.717, 1.165) is 31.0 Å². The molecule has 96 valence electrons. The van der Waals surface area contributed by atoms with Crippen molar-refractivity contribution in [1.82, 2.24) is 19.5 Å². The minimum Gasteiger partial charge on any atom is -0.303 e. The Bertz CT molecular complexity index is 600. The lowest BCUT2D eigenvalue weighted by Gasteiger charge is -2.12. The Labute approximate surface area is 105 Å². The molecule has 2 aromatic heterocycles. The van der Waals surface area contributed by atoms with E-state index in [2.05, 4.69) is 22.0 Å². The highest BCUT2D eigenvalue weighted by Crippen LogP contribution is 2.19. The van der Waals surface area contributed by atoms with E-state index in [4.69, 9.17) is 0 Å². The predicted octanol–water partition coefficient (Wildman–Crippen LogP) is 0.907. The zero-order chi connectivity index (χ0) is 12.5. The molecule has 3 rings (SSSR count). The average Bonchev–Trinajstić information content (AvgIpc) is 2.98. The predicted molar refractivity (Wildman–Crippen MR) is 69.7 cm³/mol. The van der Waals surface area contributed by atoms with Gasteiger partial charge in [-0.05, 0) is 31.5 Å². The molecule has 0 aromatic carbocycles. The van der Waals surface area contributed by atoms with Crippen LogP contribution in [0.5, 0.6) is 0 Å². The lowest BCUT2D eigenvalue weighted by atomic mass is 10.0. The van der Waals surface area contributed by atoms with Crippen molar-refractivity contribution in [3.63, 3.8) is 0 Å². The Kier molecular flexibility index (Phi) is 2.91. The van der Waals surface area contributed by atoms with Gasteiger partial charge in [-0.15, -0.1) is 0 Å². The van der Waals surface area contributed by atoms with Crippen molar-refractivity contribution in [3.05, 3.63) is 34.4 Å². The summed E-state index contributed by atoms with van der Waals surface area (Å²) in [5.74, 6) is 1.47. The molecule has 1 fully saturated rings. The molecule has 1 N–H and O–H groups in total. The minimum atomic E-state index is 0.00148. The molecule has 0 amide bonds. The topological polar surface area (TPSA) is 53.4 Å². The van der Waals surface area contributed by atoms with Gasteiger partial charge in [0.1, 0.15) is 11.5 Å². The Morgan fingerprint density at radius 3 is 3.17 bits per heavy atom. The summed E-state index contributed by atoms with van der Waals surface area (Å²) in [5, 5.41) is 7.22. The van der Waals surface area contributed by atoms with Crippen LogP contribution in [0.3, 0.4) is 0 Å². The molecule has 5 heteroatoms. The van der Waals surface area contributed by atoms with Gasteiger partial charge >= 0.3 is 0 Å². The summed E-state index contributed by atoms with van der Waals surface area (Å²) in [5.41, 5.74) is 0.782. The second-order valence-electron chi connectivity index (χ2n) is 4.98. The lowest BCUT2D eigenvalue weighted by Crippen LogP contribution is -2.21. The van der Waals surface area contributed by atoms with E-state index in [-0.39, 0.29) is 5.56 Å². The standard InChI is InChI=1S/C13H18N4O/c1-2-16-7-6-10(9-16)8-12-15-14-11-4-3-5-13(18)17(11)12/h3-5,10,14H,2,6-9H2,1H3. The monoisotopic (exact) mass is 246 g/mol. The SMILES string of the molecule is CCN1CCC(Cc2n[nH]c3cccc(=O)n23)C1. The van der Waals surface area contributed by atoms with Gasteiger partial charge in [0.25, 0.3) is 5.56 Å². The zero-order valence-electron chi connectivity index (χ0n) is 10.6. The Morgan fingerprint density at radius 2 is 2.39 bits per heavy atom. The number of nitrogens with one attached hydrogen (secondary N) is 1. The second kappa shape index (κ2) is 4.57. The molecule has 0 spiro atoms. The van der Waals surface area contributed by atoms with Crippen molar-refractivity contribution in [3.8, 4) is 0 Å². The fraction of sp³-hybridized carbons (Fsp3) is 0.538. The number of H-pyrrole nitrogens is 1. The first kappa shape index (κ1) is 11.5. The van der Waals surface area contributed by atoms with Crippen LogP contribution in [-0.2, 0) is 6.42 Å². The van der Waals surface area contributed by atoms with Crippen LogP contribution in [0.15, 0.2) is 23.0 Å². The third-order valence-electron chi connectivity index (χ3n) is 3.80. The van der Waals surface area contributed by atoms with E-state index < -0.39 is 0 Å². The number of hydrogen-bond donors (Lipinski definition) is 1. The molecule has 1 aliphatic heterocycles. The molecule has 0 aliphatic carbocycles. The molecule has 2 aromatic rings. The molecule has 3 heterocycles. The summed E-state index contributed by atoms with van der Waals surface area (Å²) in [6.45, 7) is 5.58. The number of pyridine rings is 1. The Morgan fingerprint density at radius 1 is 1.50 bits per heavy atom. The summed E-state index contributed by atoms with van der Waals surface area (Å²) >= 11 is 0. The van der Waals surface area contributed by atoms with E-state index in [1.165, 1.54) is 13.0 Å². The van der Waals surface area contributed by atoms with Crippen molar-refractivity contribution in [2.45, 2.75) is 19.8 Å². The number of hydrogen-bond acceptors (Lipinski definition) is 3. The van der Waals surface area contributed by atoms with E-state index in [1.54, 1.807) is 16.5 Å². The highest BCUT2D eigenvalue weighted by Gasteiger charge is 2.23. The van der Waals surface area contributed by atoms with Gasteiger partial charge in [-0.25, -0.2) is 4.40 Å². The van der Waals surface area contributed by atoms with E-state index >= 15 is 0 Å². The third-order valence-corrected chi connectivity index (χ3v) is 3.80. The van der Waals surface area contributed by atoms with Crippen LogP contribution in [0.1, 0.15) is 19.2 Å². The highest BCUT2D eigenvalue weighted by molar-refractivity contribution is 5.37. The van der Waals surface area contributed by atoms with Gasteiger partial charge in [-0.1, -0.05) is 13.0 Å². The van der Waals surface area contributed by atoms with Gasteiger partial charge in [0.2, 0.25) is 0 Å². The smallest absolute Gasteiger partial charge is 0.257 e.